The topological polar surface area (TPSA) is 61.8 Å². The van der Waals surface area contributed by atoms with E-state index in [1.165, 1.54) is 30.4 Å². The molecule has 26 heavy (non-hydrogen) atoms. The number of carbonyl (C=O) groups excluding carboxylic acids is 2. The van der Waals surface area contributed by atoms with Crippen molar-refractivity contribution in [3.05, 3.63) is 47.9 Å². The Morgan fingerprint density at radius 2 is 1.85 bits per heavy atom. The number of hydrogen-bond donors (Lipinski definition) is 1. The van der Waals surface area contributed by atoms with Crippen LogP contribution in [0, 0.1) is 0 Å². The zero-order valence-corrected chi connectivity index (χ0v) is 17.0. The summed E-state index contributed by atoms with van der Waals surface area (Å²) in [7, 11) is 1.56. The zero-order chi connectivity index (χ0) is 20.4. The minimum atomic E-state index is -0.127. The highest BCUT2D eigenvalue weighted by Gasteiger charge is 2.13. The molecule has 0 spiro atoms. The van der Waals surface area contributed by atoms with Crippen LogP contribution in [0.3, 0.4) is 0 Å². The van der Waals surface area contributed by atoms with Crippen molar-refractivity contribution in [2.24, 2.45) is 4.99 Å². The molecule has 5 nitrogen and oxygen atoms in total. The number of unbranched alkanes of at least 4 members (excludes halogenated alkanes) is 2. The van der Waals surface area contributed by atoms with Crippen molar-refractivity contribution in [3.8, 4) is 0 Å². The fourth-order valence-electron chi connectivity index (χ4n) is 1.94. The predicted molar refractivity (Wildman–Crippen MR) is 112 cm³/mol. The number of nitrogens with zero attached hydrogens (tertiary/aromatic N) is 2. The molecule has 0 rings (SSSR count). The van der Waals surface area contributed by atoms with Crippen LogP contribution in [0.4, 0.5) is 0 Å². The lowest BCUT2D eigenvalue weighted by Gasteiger charge is -2.21. The van der Waals surface area contributed by atoms with Crippen LogP contribution in [0.2, 0.25) is 0 Å². The summed E-state index contributed by atoms with van der Waals surface area (Å²) in [6, 6.07) is 0. The fourth-order valence-corrected chi connectivity index (χ4v) is 1.94. The molecule has 2 amide bonds. The maximum Gasteiger partial charge on any atom is 0.221 e. The number of hydrogen-bond acceptors (Lipinski definition) is 3. The van der Waals surface area contributed by atoms with Gasteiger partial charge in [-0.25, -0.2) is 0 Å². The van der Waals surface area contributed by atoms with Crippen LogP contribution in [0.5, 0.6) is 0 Å². The number of rotatable bonds is 11. The van der Waals surface area contributed by atoms with Crippen LogP contribution in [0.25, 0.3) is 0 Å². The van der Waals surface area contributed by atoms with E-state index in [1.807, 2.05) is 26.0 Å². The molecular weight excluding hydrogens is 326 g/mol. The van der Waals surface area contributed by atoms with Gasteiger partial charge in [-0.05, 0) is 31.7 Å². The monoisotopic (exact) mass is 361 g/mol. The zero-order valence-electron chi connectivity index (χ0n) is 17.0. The lowest BCUT2D eigenvalue weighted by atomic mass is 10.1. The number of allylic oxidation sites excluding steroid dienone is 5. The summed E-state index contributed by atoms with van der Waals surface area (Å²) in [6.45, 7) is 15.6. The predicted octanol–water partition coefficient (Wildman–Crippen LogP) is 4.40. The first-order valence-electron chi connectivity index (χ1n) is 8.98. The molecule has 5 heteroatoms. The minimum absolute atomic E-state index is 0.127. The van der Waals surface area contributed by atoms with Gasteiger partial charge in [-0.15, -0.1) is 0 Å². The smallest absolute Gasteiger partial charge is 0.221 e. The number of nitrogens with one attached hydrogen (secondary N) is 1. The summed E-state index contributed by atoms with van der Waals surface area (Å²) in [5.74, 6) is -0.127. The summed E-state index contributed by atoms with van der Waals surface area (Å²) in [6.07, 6.45) is 11.9. The van der Waals surface area contributed by atoms with E-state index in [2.05, 4.69) is 37.5 Å². The van der Waals surface area contributed by atoms with Gasteiger partial charge in [0.25, 0.3) is 0 Å². The standard InChI is InChI=1S/C16H23N3O2.C5H12/c1-6-7-8-13(2)14(3)15(11-17-4)19(12-20)10-9-16(21)18-5;1-3-5-4-2/h6-8,11-12H,1,4,9-10H2,2-3,5H3,(H,18,21);3-5H2,1-2H3/b8-7-,14-13+,15-11+;. The Bertz CT molecular complexity index is 529. The molecule has 146 valence electrons. The average molecular weight is 362 g/mol. The first kappa shape index (κ1) is 25.8. The Kier molecular flexibility index (Phi) is 17.3. The summed E-state index contributed by atoms with van der Waals surface area (Å²) in [5, 5.41) is 2.52. The van der Waals surface area contributed by atoms with Crippen molar-refractivity contribution in [2.45, 2.75) is 53.4 Å². The Morgan fingerprint density at radius 3 is 2.23 bits per heavy atom. The third-order valence-electron chi connectivity index (χ3n) is 3.67. The molecule has 0 aromatic rings. The van der Waals surface area contributed by atoms with Crippen molar-refractivity contribution in [1.29, 1.82) is 0 Å². The number of amides is 2. The Labute approximate surface area is 159 Å². The molecule has 0 unspecified atom stereocenters. The average Bonchev–Trinajstić information content (AvgIpc) is 2.65. The molecule has 0 atom stereocenters. The van der Waals surface area contributed by atoms with Gasteiger partial charge < -0.3 is 10.2 Å². The molecular formula is C21H35N3O2. The molecule has 0 aromatic heterocycles. The molecule has 0 fully saturated rings. The van der Waals surface area contributed by atoms with Gasteiger partial charge in [-0.1, -0.05) is 57.9 Å². The summed E-state index contributed by atoms with van der Waals surface area (Å²) in [4.78, 5) is 27.8. The van der Waals surface area contributed by atoms with Crippen LogP contribution in [0.15, 0.2) is 52.8 Å². The highest BCUT2D eigenvalue weighted by atomic mass is 16.2. The van der Waals surface area contributed by atoms with E-state index in [9.17, 15) is 9.59 Å². The lowest BCUT2D eigenvalue weighted by molar-refractivity contribution is -0.121. The van der Waals surface area contributed by atoms with Crippen molar-refractivity contribution in [2.75, 3.05) is 13.6 Å². The molecule has 0 aliphatic rings. The molecule has 0 aliphatic carbocycles. The van der Waals surface area contributed by atoms with E-state index in [4.69, 9.17) is 0 Å². The molecule has 0 saturated carbocycles. The third kappa shape index (κ3) is 12.0. The quantitative estimate of drug-likeness (QED) is 0.337. The van der Waals surface area contributed by atoms with Gasteiger partial charge in [0.05, 0.1) is 11.9 Å². The van der Waals surface area contributed by atoms with Crippen molar-refractivity contribution >= 4 is 19.0 Å². The van der Waals surface area contributed by atoms with Gasteiger partial charge in [-0.3, -0.25) is 14.6 Å². The van der Waals surface area contributed by atoms with E-state index in [0.29, 0.717) is 12.1 Å². The Balaban J connectivity index is 0. The van der Waals surface area contributed by atoms with Crippen LogP contribution < -0.4 is 5.32 Å². The van der Waals surface area contributed by atoms with Crippen molar-refractivity contribution in [1.82, 2.24) is 10.2 Å². The molecule has 0 aromatic carbocycles. The fraction of sp³-hybridized carbons (Fsp3) is 0.476. The minimum Gasteiger partial charge on any atom is -0.359 e. The number of aliphatic imine (C=N–C) groups is 1. The largest absolute Gasteiger partial charge is 0.359 e. The summed E-state index contributed by atoms with van der Waals surface area (Å²) >= 11 is 0. The maximum absolute atomic E-state index is 11.3. The lowest BCUT2D eigenvalue weighted by Crippen LogP contribution is -2.28. The van der Waals surface area contributed by atoms with E-state index < -0.39 is 0 Å². The van der Waals surface area contributed by atoms with Gasteiger partial charge in [0, 0.05) is 20.0 Å². The van der Waals surface area contributed by atoms with Gasteiger partial charge >= 0.3 is 0 Å². The van der Waals surface area contributed by atoms with E-state index in [1.54, 1.807) is 13.1 Å². The van der Waals surface area contributed by atoms with E-state index in [-0.39, 0.29) is 18.9 Å². The van der Waals surface area contributed by atoms with Crippen LogP contribution in [0.1, 0.15) is 53.4 Å². The van der Waals surface area contributed by atoms with E-state index >= 15 is 0 Å². The first-order chi connectivity index (χ1) is 12.4. The summed E-state index contributed by atoms with van der Waals surface area (Å²) < 4.78 is 0. The Hall–Kier alpha value is -2.43. The Morgan fingerprint density at radius 1 is 1.23 bits per heavy atom. The normalized spacial score (nSPS) is 11.8. The van der Waals surface area contributed by atoms with Crippen LogP contribution in [-0.2, 0) is 9.59 Å². The molecule has 0 heterocycles. The third-order valence-corrected chi connectivity index (χ3v) is 3.67. The second kappa shape index (κ2) is 17.4. The van der Waals surface area contributed by atoms with Gasteiger partial charge in [0.2, 0.25) is 12.3 Å². The SMILES string of the molecule is C=C\C=C/C(C)=C(C)/C(=C\N=C)N(C=O)CCC(=O)NC.CCCCC. The molecule has 0 bridgehead atoms. The van der Waals surface area contributed by atoms with E-state index in [0.717, 1.165) is 11.1 Å². The highest BCUT2D eigenvalue weighted by Crippen LogP contribution is 2.19. The first-order valence-corrected chi connectivity index (χ1v) is 8.98. The molecule has 0 saturated heterocycles. The second-order valence-corrected chi connectivity index (χ2v) is 5.68. The molecule has 0 aliphatic heterocycles. The van der Waals surface area contributed by atoms with Crippen molar-refractivity contribution in [3.63, 3.8) is 0 Å². The number of carbonyl (C=O) groups is 2. The van der Waals surface area contributed by atoms with Gasteiger partial charge in [-0.2, -0.15) is 0 Å². The molecule has 0 radical (unpaired) electrons. The highest BCUT2D eigenvalue weighted by molar-refractivity contribution is 5.76. The van der Waals surface area contributed by atoms with Gasteiger partial charge in [0.15, 0.2) is 0 Å². The van der Waals surface area contributed by atoms with Crippen molar-refractivity contribution < 1.29 is 9.59 Å². The van der Waals surface area contributed by atoms with Gasteiger partial charge in [0.1, 0.15) is 0 Å². The van der Waals surface area contributed by atoms with Crippen LogP contribution in [-0.4, -0.2) is 37.5 Å². The maximum atomic E-state index is 11.3. The van der Waals surface area contributed by atoms with Crippen LogP contribution >= 0.6 is 0 Å². The summed E-state index contributed by atoms with van der Waals surface area (Å²) in [5.41, 5.74) is 2.47. The second-order valence-electron chi connectivity index (χ2n) is 5.68. The molecule has 1 N–H and O–H groups in total.